The van der Waals surface area contributed by atoms with E-state index in [0.29, 0.717) is 28.5 Å². The molecule has 0 amide bonds. The number of nitrogens with one attached hydrogen (secondary N) is 1. The lowest BCUT2D eigenvalue weighted by atomic mass is 9.93. The topological polar surface area (TPSA) is 33.6 Å². The highest BCUT2D eigenvalue weighted by Crippen LogP contribution is 2.61. The summed E-state index contributed by atoms with van der Waals surface area (Å²) in [6.45, 7) is 2.17. The van der Waals surface area contributed by atoms with Crippen molar-refractivity contribution in [2.45, 2.75) is 12.0 Å². The molecule has 0 spiro atoms. The average Bonchev–Trinajstić information content (AvgIpc) is 2.99. The quantitative estimate of drug-likeness (QED) is 0.616. The van der Waals surface area contributed by atoms with Crippen LogP contribution in [0.2, 0.25) is 10.0 Å². The van der Waals surface area contributed by atoms with Gasteiger partial charge in [0.05, 0.1) is 10.0 Å². The summed E-state index contributed by atoms with van der Waals surface area (Å²) in [5, 5.41) is 8.72. The maximum atomic E-state index is 12.9. The molecule has 3 atom stereocenters. The van der Waals surface area contributed by atoms with Crippen LogP contribution in [0.3, 0.4) is 0 Å². The summed E-state index contributed by atoms with van der Waals surface area (Å²) in [5.74, 6) is 0.552. The number of rotatable bonds is 5. The van der Waals surface area contributed by atoms with Gasteiger partial charge in [0.15, 0.2) is 0 Å². The fraction of sp³-hybridized carbons (Fsp3) is 0.316. The Morgan fingerprint density at radius 2 is 2.00 bits per heavy atom. The molecule has 1 aliphatic carbocycles. The summed E-state index contributed by atoms with van der Waals surface area (Å²) in [4.78, 5) is 5.38. The summed E-state index contributed by atoms with van der Waals surface area (Å²) < 4.78 is 12.9. The molecule has 0 aromatic heterocycles. The monoisotopic (exact) mass is 378 g/mol. The van der Waals surface area contributed by atoms with Crippen LogP contribution in [0, 0.1) is 17.7 Å². The summed E-state index contributed by atoms with van der Waals surface area (Å²) in [6, 6.07) is 12.1. The van der Waals surface area contributed by atoms with Crippen LogP contribution in [0.1, 0.15) is 11.1 Å². The minimum absolute atomic E-state index is 0.0248. The Morgan fingerprint density at radius 3 is 2.76 bits per heavy atom. The molecular formula is C19H17Cl2FN2O. The molecule has 1 heterocycles. The van der Waals surface area contributed by atoms with E-state index in [1.165, 1.54) is 17.7 Å². The number of benzene rings is 2. The standard InChI is InChI=1S/C19H17Cl2FN2O/c20-17-6-3-13(7-18(17)21)19-11-23-8-15(19)16(19)9-24-25-10-12-1-4-14(22)5-2-12/h1-7,9,15-16,23H,8,10-11H2/b24-9-. The molecular weight excluding hydrogens is 362 g/mol. The Bertz CT molecular complexity index is 812. The van der Waals surface area contributed by atoms with Crippen LogP contribution in [0.5, 0.6) is 0 Å². The molecule has 130 valence electrons. The molecule has 3 unspecified atom stereocenters. The summed E-state index contributed by atoms with van der Waals surface area (Å²) in [7, 11) is 0. The van der Waals surface area contributed by atoms with Crippen molar-refractivity contribution < 1.29 is 9.23 Å². The summed E-state index contributed by atoms with van der Waals surface area (Å²) in [5.41, 5.74) is 2.10. The van der Waals surface area contributed by atoms with Crippen LogP contribution < -0.4 is 5.32 Å². The normalized spacial score (nSPS) is 27.5. The van der Waals surface area contributed by atoms with Gasteiger partial charge >= 0.3 is 0 Å². The van der Waals surface area contributed by atoms with Gasteiger partial charge in [0.1, 0.15) is 12.4 Å². The van der Waals surface area contributed by atoms with Crippen LogP contribution in [-0.4, -0.2) is 19.3 Å². The fourth-order valence-electron chi connectivity index (χ4n) is 3.88. The third-order valence-electron chi connectivity index (χ3n) is 5.26. The Kier molecular flexibility index (Phi) is 4.44. The van der Waals surface area contributed by atoms with Crippen molar-refractivity contribution in [3.05, 3.63) is 69.5 Å². The third-order valence-corrected chi connectivity index (χ3v) is 6.00. The van der Waals surface area contributed by atoms with Crippen molar-refractivity contribution in [2.24, 2.45) is 17.0 Å². The van der Waals surface area contributed by atoms with E-state index in [9.17, 15) is 4.39 Å². The molecule has 2 aliphatic rings. The third kappa shape index (κ3) is 3.03. The predicted molar refractivity (Wildman–Crippen MR) is 97.7 cm³/mol. The fourth-order valence-corrected chi connectivity index (χ4v) is 4.17. The molecule has 0 bridgehead atoms. The van der Waals surface area contributed by atoms with Crippen molar-refractivity contribution in [3.8, 4) is 0 Å². The second kappa shape index (κ2) is 6.60. The molecule has 6 heteroatoms. The SMILES string of the molecule is Fc1ccc(CO/N=C\C2C3CNCC23c2ccc(Cl)c(Cl)c2)cc1. The highest BCUT2D eigenvalue weighted by atomic mass is 35.5. The van der Waals surface area contributed by atoms with Gasteiger partial charge in [-0.1, -0.05) is 46.6 Å². The molecule has 2 fully saturated rings. The number of fused-ring (bicyclic) bond motifs is 1. The Morgan fingerprint density at radius 1 is 1.20 bits per heavy atom. The van der Waals surface area contributed by atoms with E-state index in [2.05, 4.69) is 10.5 Å². The average molecular weight is 379 g/mol. The first-order valence-corrected chi connectivity index (χ1v) is 8.93. The molecule has 2 aromatic carbocycles. The van der Waals surface area contributed by atoms with Crippen molar-refractivity contribution in [2.75, 3.05) is 13.1 Å². The molecule has 1 saturated carbocycles. The van der Waals surface area contributed by atoms with Crippen LogP contribution in [0.25, 0.3) is 0 Å². The molecule has 1 N–H and O–H groups in total. The zero-order valence-corrected chi connectivity index (χ0v) is 14.9. The number of hydrogen-bond acceptors (Lipinski definition) is 3. The molecule has 1 aliphatic heterocycles. The second-order valence-corrected chi connectivity index (χ2v) is 7.40. The number of piperidine rings is 1. The molecule has 0 radical (unpaired) electrons. The van der Waals surface area contributed by atoms with E-state index in [4.69, 9.17) is 28.0 Å². The number of halogens is 3. The van der Waals surface area contributed by atoms with Crippen molar-refractivity contribution in [1.29, 1.82) is 0 Å². The van der Waals surface area contributed by atoms with Gasteiger partial charge in [-0.2, -0.15) is 0 Å². The first kappa shape index (κ1) is 16.8. The van der Waals surface area contributed by atoms with Gasteiger partial charge in [-0.25, -0.2) is 4.39 Å². The lowest BCUT2D eigenvalue weighted by Crippen LogP contribution is -2.24. The first-order valence-electron chi connectivity index (χ1n) is 8.17. The molecule has 4 rings (SSSR count). The molecule has 25 heavy (non-hydrogen) atoms. The van der Waals surface area contributed by atoms with Gasteiger partial charge in [0, 0.05) is 24.1 Å². The zero-order chi connectivity index (χ0) is 17.4. The summed E-state index contributed by atoms with van der Waals surface area (Å²) in [6.07, 6.45) is 1.89. The summed E-state index contributed by atoms with van der Waals surface area (Å²) >= 11 is 12.2. The van der Waals surface area contributed by atoms with E-state index >= 15 is 0 Å². The largest absolute Gasteiger partial charge is 0.391 e. The Labute approximate surface area is 155 Å². The van der Waals surface area contributed by atoms with E-state index < -0.39 is 0 Å². The maximum Gasteiger partial charge on any atom is 0.142 e. The smallest absolute Gasteiger partial charge is 0.142 e. The van der Waals surface area contributed by atoms with Gasteiger partial charge < -0.3 is 10.2 Å². The van der Waals surface area contributed by atoms with Gasteiger partial charge in [-0.3, -0.25) is 0 Å². The Balaban J connectivity index is 1.42. The number of hydrogen-bond donors (Lipinski definition) is 1. The number of oxime groups is 1. The van der Waals surface area contributed by atoms with Gasteiger partial charge in [0.25, 0.3) is 0 Å². The first-order chi connectivity index (χ1) is 12.1. The van der Waals surface area contributed by atoms with Crippen LogP contribution in [0.15, 0.2) is 47.6 Å². The van der Waals surface area contributed by atoms with Crippen LogP contribution >= 0.6 is 23.2 Å². The lowest BCUT2D eigenvalue weighted by Gasteiger charge is -2.15. The highest BCUT2D eigenvalue weighted by Gasteiger charge is 2.67. The Hall–Kier alpha value is -1.62. The van der Waals surface area contributed by atoms with E-state index in [-0.39, 0.29) is 11.2 Å². The van der Waals surface area contributed by atoms with Crippen molar-refractivity contribution in [3.63, 3.8) is 0 Å². The van der Waals surface area contributed by atoms with Crippen molar-refractivity contribution in [1.82, 2.24) is 5.32 Å². The van der Waals surface area contributed by atoms with E-state index in [1.807, 2.05) is 24.4 Å². The lowest BCUT2D eigenvalue weighted by molar-refractivity contribution is 0.131. The molecule has 1 saturated heterocycles. The second-order valence-electron chi connectivity index (χ2n) is 6.59. The van der Waals surface area contributed by atoms with Crippen molar-refractivity contribution >= 4 is 29.4 Å². The number of nitrogens with zero attached hydrogens (tertiary/aromatic N) is 1. The van der Waals surface area contributed by atoms with Crippen LogP contribution in [0.4, 0.5) is 4.39 Å². The molecule has 3 nitrogen and oxygen atoms in total. The van der Waals surface area contributed by atoms with Gasteiger partial charge in [0.2, 0.25) is 0 Å². The zero-order valence-electron chi connectivity index (χ0n) is 13.4. The van der Waals surface area contributed by atoms with Gasteiger partial charge in [-0.05, 0) is 47.9 Å². The van der Waals surface area contributed by atoms with E-state index in [0.717, 1.165) is 18.7 Å². The molecule has 2 aromatic rings. The maximum absolute atomic E-state index is 12.9. The minimum atomic E-state index is -0.255. The van der Waals surface area contributed by atoms with E-state index in [1.54, 1.807) is 12.1 Å². The van der Waals surface area contributed by atoms with Crippen LogP contribution in [-0.2, 0) is 16.9 Å². The highest BCUT2D eigenvalue weighted by molar-refractivity contribution is 6.42. The predicted octanol–water partition coefficient (Wildman–Crippen LogP) is 4.42. The minimum Gasteiger partial charge on any atom is -0.391 e. The van der Waals surface area contributed by atoms with Gasteiger partial charge in [-0.15, -0.1) is 0 Å².